The quantitative estimate of drug-likeness (QED) is 0.326. The minimum absolute atomic E-state index is 0.258. The van der Waals surface area contributed by atoms with Crippen LogP contribution in [0.2, 0.25) is 16.6 Å². The molecule has 0 aromatic heterocycles. The first-order chi connectivity index (χ1) is 12.9. The standard InChI is InChI=1S/C25H32OSi/c1-16(2)27(17(3)4,18(5)6)26-24-15-23-21-13-8-7-11-19(21)20-12-9-10-14-22(20)25(23)24/h7-14,16-18,24H,15H2,1-6H3. The average Bonchev–Trinajstić information content (AvgIpc) is 2.61. The van der Waals surface area contributed by atoms with Crippen molar-refractivity contribution in [2.24, 2.45) is 0 Å². The minimum atomic E-state index is -1.88. The molecule has 1 aliphatic rings. The van der Waals surface area contributed by atoms with Crippen molar-refractivity contribution in [2.75, 3.05) is 0 Å². The van der Waals surface area contributed by atoms with E-state index in [0.717, 1.165) is 6.42 Å². The van der Waals surface area contributed by atoms with Gasteiger partial charge in [-0.05, 0) is 49.3 Å². The Balaban J connectivity index is 1.87. The van der Waals surface area contributed by atoms with Crippen molar-refractivity contribution in [1.82, 2.24) is 0 Å². The van der Waals surface area contributed by atoms with Crippen LogP contribution in [-0.2, 0) is 10.8 Å². The van der Waals surface area contributed by atoms with Crippen LogP contribution in [0, 0.1) is 0 Å². The van der Waals surface area contributed by atoms with E-state index in [2.05, 4.69) is 90.1 Å². The maximum Gasteiger partial charge on any atom is 0.201 e. The van der Waals surface area contributed by atoms with E-state index in [-0.39, 0.29) is 6.10 Å². The lowest BCUT2D eigenvalue weighted by atomic mass is 9.78. The Kier molecular flexibility index (Phi) is 4.68. The maximum atomic E-state index is 7.18. The van der Waals surface area contributed by atoms with Crippen LogP contribution in [0.1, 0.15) is 58.8 Å². The lowest BCUT2D eigenvalue weighted by molar-refractivity contribution is 0.156. The molecule has 0 saturated heterocycles. The topological polar surface area (TPSA) is 9.23 Å². The number of hydrogen-bond acceptors (Lipinski definition) is 1. The molecule has 0 spiro atoms. The molecule has 3 aromatic rings. The maximum absolute atomic E-state index is 7.18. The summed E-state index contributed by atoms with van der Waals surface area (Å²) < 4.78 is 7.18. The third-order valence-corrected chi connectivity index (χ3v) is 13.0. The van der Waals surface area contributed by atoms with Gasteiger partial charge >= 0.3 is 0 Å². The molecule has 0 radical (unpaired) electrons. The van der Waals surface area contributed by atoms with Gasteiger partial charge in [-0.25, -0.2) is 0 Å². The molecule has 0 aliphatic heterocycles. The molecule has 1 unspecified atom stereocenters. The molecule has 1 nitrogen and oxygen atoms in total. The predicted molar refractivity (Wildman–Crippen MR) is 120 cm³/mol. The molecule has 27 heavy (non-hydrogen) atoms. The zero-order chi connectivity index (χ0) is 19.3. The second-order valence-corrected chi connectivity index (χ2v) is 14.5. The SMILES string of the molecule is CC(C)[Si](OC1Cc2c1c1ccccc1c1ccccc21)(C(C)C)C(C)C. The van der Waals surface area contributed by atoms with Gasteiger partial charge in [0.15, 0.2) is 0 Å². The predicted octanol–water partition coefficient (Wildman–Crippen LogP) is 7.78. The fourth-order valence-electron chi connectivity index (χ4n) is 5.74. The summed E-state index contributed by atoms with van der Waals surface area (Å²) >= 11 is 0. The van der Waals surface area contributed by atoms with E-state index in [1.54, 1.807) is 0 Å². The van der Waals surface area contributed by atoms with Crippen LogP contribution < -0.4 is 0 Å². The summed E-state index contributed by atoms with van der Waals surface area (Å²) in [5.41, 5.74) is 4.83. The molecule has 1 atom stereocenters. The Bertz CT molecular complexity index is 964. The van der Waals surface area contributed by atoms with Crippen LogP contribution in [0.3, 0.4) is 0 Å². The number of hydrogen-bond donors (Lipinski definition) is 0. The monoisotopic (exact) mass is 376 g/mol. The second-order valence-electron chi connectivity index (χ2n) is 9.11. The van der Waals surface area contributed by atoms with Crippen LogP contribution in [0.5, 0.6) is 0 Å². The molecule has 142 valence electrons. The van der Waals surface area contributed by atoms with Gasteiger partial charge in [0, 0.05) is 6.42 Å². The highest BCUT2D eigenvalue weighted by molar-refractivity contribution is 6.77. The van der Waals surface area contributed by atoms with Crippen molar-refractivity contribution in [3.8, 4) is 0 Å². The van der Waals surface area contributed by atoms with E-state index in [0.29, 0.717) is 16.6 Å². The van der Waals surface area contributed by atoms with E-state index in [1.165, 1.54) is 32.7 Å². The van der Waals surface area contributed by atoms with Gasteiger partial charge in [-0.15, -0.1) is 0 Å². The Morgan fingerprint density at radius 2 is 1.15 bits per heavy atom. The summed E-state index contributed by atoms with van der Waals surface area (Å²) in [7, 11) is -1.88. The third-order valence-electron chi connectivity index (χ3n) is 6.85. The van der Waals surface area contributed by atoms with Gasteiger partial charge < -0.3 is 4.43 Å². The van der Waals surface area contributed by atoms with Crippen molar-refractivity contribution in [1.29, 1.82) is 0 Å². The van der Waals surface area contributed by atoms with Gasteiger partial charge in [-0.2, -0.15) is 0 Å². The molecular weight excluding hydrogens is 344 g/mol. The first-order valence-electron chi connectivity index (χ1n) is 10.5. The van der Waals surface area contributed by atoms with E-state index >= 15 is 0 Å². The van der Waals surface area contributed by atoms with Gasteiger partial charge in [-0.3, -0.25) is 0 Å². The van der Waals surface area contributed by atoms with Gasteiger partial charge in [0.2, 0.25) is 8.32 Å². The van der Waals surface area contributed by atoms with E-state index in [1.807, 2.05) is 0 Å². The lowest BCUT2D eigenvalue weighted by Crippen LogP contribution is -2.50. The largest absolute Gasteiger partial charge is 0.409 e. The molecule has 1 aliphatic carbocycles. The molecule has 0 fully saturated rings. The Morgan fingerprint density at radius 3 is 1.67 bits per heavy atom. The van der Waals surface area contributed by atoms with Gasteiger partial charge in [0.05, 0.1) is 6.10 Å². The van der Waals surface area contributed by atoms with Crippen molar-refractivity contribution >= 4 is 29.9 Å². The van der Waals surface area contributed by atoms with Crippen molar-refractivity contribution in [3.05, 3.63) is 59.7 Å². The van der Waals surface area contributed by atoms with Gasteiger partial charge in [-0.1, -0.05) is 90.1 Å². The molecule has 0 heterocycles. The number of rotatable bonds is 5. The first-order valence-corrected chi connectivity index (χ1v) is 12.6. The highest BCUT2D eigenvalue weighted by atomic mass is 28.4. The smallest absolute Gasteiger partial charge is 0.201 e. The summed E-state index contributed by atoms with van der Waals surface area (Å²) in [6, 6.07) is 17.8. The normalized spacial score (nSPS) is 17.1. The molecule has 0 N–H and O–H groups in total. The van der Waals surface area contributed by atoms with Crippen LogP contribution in [0.25, 0.3) is 21.5 Å². The van der Waals surface area contributed by atoms with E-state index in [9.17, 15) is 0 Å². The Hall–Kier alpha value is -1.64. The van der Waals surface area contributed by atoms with Gasteiger partial charge in [0.1, 0.15) is 0 Å². The second kappa shape index (κ2) is 6.75. The van der Waals surface area contributed by atoms with Crippen molar-refractivity contribution < 1.29 is 4.43 Å². The number of fused-ring (bicyclic) bond motifs is 6. The van der Waals surface area contributed by atoms with Crippen LogP contribution in [-0.4, -0.2) is 8.32 Å². The van der Waals surface area contributed by atoms with E-state index < -0.39 is 8.32 Å². The number of benzene rings is 3. The summed E-state index contributed by atoms with van der Waals surface area (Å²) in [4.78, 5) is 0. The zero-order valence-electron chi connectivity index (χ0n) is 17.5. The fourth-order valence-corrected chi connectivity index (χ4v) is 11.3. The van der Waals surface area contributed by atoms with Crippen molar-refractivity contribution in [2.45, 2.75) is 70.7 Å². The lowest BCUT2D eigenvalue weighted by Gasteiger charge is -2.47. The van der Waals surface area contributed by atoms with Gasteiger partial charge in [0.25, 0.3) is 0 Å². The fraction of sp³-hybridized carbons (Fsp3) is 0.440. The first kappa shape index (κ1) is 18.7. The molecular formula is C25H32OSi. The highest BCUT2D eigenvalue weighted by Crippen LogP contribution is 2.52. The molecule has 0 amide bonds. The van der Waals surface area contributed by atoms with Crippen LogP contribution in [0.15, 0.2) is 48.5 Å². The molecule has 4 rings (SSSR count). The molecule has 0 bridgehead atoms. The summed E-state index contributed by atoms with van der Waals surface area (Å²) in [5.74, 6) is 0. The molecule has 0 saturated carbocycles. The summed E-state index contributed by atoms with van der Waals surface area (Å²) in [6.07, 6.45) is 1.31. The minimum Gasteiger partial charge on any atom is -0.409 e. The van der Waals surface area contributed by atoms with E-state index in [4.69, 9.17) is 4.43 Å². The molecule has 2 heteroatoms. The summed E-state index contributed by atoms with van der Waals surface area (Å²) in [6.45, 7) is 14.3. The Labute approximate surface area is 164 Å². The average molecular weight is 377 g/mol. The third kappa shape index (κ3) is 2.68. The van der Waals surface area contributed by atoms with Crippen LogP contribution >= 0.6 is 0 Å². The summed E-state index contributed by atoms with van der Waals surface area (Å²) in [5, 5.41) is 5.55. The van der Waals surface area contributed by atoms with Crippen LogP contribution in [0.4, 0.5) is 0 Å². The van der Waals surface area contributed by atoms with Crippen molar-refractivity contribution in [3.63, 3.8) is 0 Å². The highest BCUT2D eigenvalue weighted by Gasteiger charge is 2.48. The molecule has 3 aromatic carbocycles. The zero-order valence-corrected chi connectivity index (χ0v) is 18.5. The Morgan fingerprint density at radius 1 is 0.704 bits per heavy atom.